The highest BCUT2D eigenvalue weighted by Gasteiger charge is 2.17. The van der Waals surface area contributed by atoms with E-state index in [1.807, 2.05) is 0 Å². The Hall–Kier alpha value is -2.93. The molecule has 27 heavy (non-hydrogen) atoms. The van der Waals surface area contributed by atoms with Gasteiger partial charge in [-0.1, -0.05) is 23.7 Å². The van der Waals surface area contributed by atoms with Gasteiger partial charge in [-0.2, -0.15) is 0 Å². The van der Waals surface area contributed by atoms with E-state index in [4.69, 9.17) is 11.6 Å². The number of anilines is 2. The molecular formula is C19H18ClFN2O4. The van der Waals surface area contributed by atoms with Crippen LogP contribution in [0.5, 0.6) is 0 Å². The fourth-order valence-electron chi connectivity index (χ4n) is 2.41. The minimum absolute atomic E-state index is 0.0174. The number of carbonyl (C=O) groups is 3. The smallest absolute Gasteiger partial charge is 0.337 e. The molecule has 0 saturated carbocycles. The van der Waals surface area contributed by atoms with E-state index in [0.717, 1.165) is 0 Å². The van der Waals surface area contributed by atoms with Gasteiger partial charge in [-0.15, -0.1) is 0 Å². The van der Waals surface area contributed by atoms with E-state index in [9.17, 15) is 18.8 Å². The van der Waals surface area contributed by atoms with Crippen LogP contribution in [0.4, 0.5) is 15.8 Å². The summed E-state index contributed by atoms with van der Waals surface area (Å²) < 4.78 is 18.5. The molecule has 0 radical (unpaired) electrons. The summed E-state index contributed by atoms with van der Waals surface area (Å²) in [5, 5.41) is 2.82. The SMILES string of the molecule is COC(=O)c1ccc(Cl)c(NC(=O)CCN(C(C)=O)c2ccccc2F)c1. The van der Waals surface area contributed by atoms with Gasteiger partial charge in [0.05, 0.1) is 29.1 Å². The van der Waals surface area contributed by atoms with E-state index < -0.39 is 23.6 Å². The maximum Gasteiger partial charge on any atom is 0.337 e. The van der Waals surface area contributed by atoms with Crippen LogP contribution < -0.4 is 10.2 Å². The molecule has 0 atom stereocenters. The highest BCUT2D eigenvalue weighted by molar-refractivity contribution is 6.33. The number of ether oxygens (including phenoxy) is 1. The molecular weight excluding hydrogens is 375 g/mol. The molecule has 0 aliphatic carbocycles. The number of halogens is 2. The molecule has 2 aromatic carbocycles. The zero-order valence-corrected chi connectivity index (χ0v) is 15.5. The van der Waals surface area contributed by atoms with Crippen LogP contribution >= 0.6 is 11.6 Å². The van der Waals surface area contributed by atoms with E-state index >= 15 is 0 Å². The Morgan fingerprint density at radius 3 is 2.52 bits per heavy atom. The van der Waals surface area contributed by atoms with Crippen molar-refractivity contribution in [2.45, 2.75) is 13.3 Å². The molecule has 2 amide bonds. The second-order valence-electron chi connectivity index (χ2n) is 5.61. The highest BCUT2D eigenvalue weighted by atomic mass is 35.5. The van der Waals surface area contributed by atoms with E-state index in [1.54, 1.807) is 6.07 Å². The number of rotatable bonds is 6. The molecule has 6 nitrogen and oxygen atoms in total. The summed E-state index contributed by atoms with van der Waals surface area (Å²) in [5.41, 5.74) is 0.572. The number of para-hydroxylation sites is 1. The summed E-state index contributed by atoms with van der Waals surface area (Å²) in [6.07, 6.45) is -0.0906. The topological polar surface area (TPSA) is 75.7 Å². The van der Waals surface area contributed by atoms with Gasteiger partial charge in [-0.25, -0.2) is 9.18 Å². The molecule has 0 aliphatic heterocycles. The minimum Gasteiger partial charge on any atom is -0.465 e. The number of methoxy groups -OCH3 is 1. The molecule has 0 heterocycles. The van der Waals surface area contributed by atoms with Crippen molar-refractivity contribution in [2.75, 3.05) is 23.9 Å². The Balaban J connectivity index is 2.08. The van der Waals surface area contributed by atoms with Crippen LogP contribution in [0, 0.1) is 5.82 Å². The maximum absolute atomic E-state index is 13.9. The fourth-order valence-corrected chi connectivity index (χ4v) is 2.57. The predicted octanol–water partition coefficient (Wildman–Crippen LogP) is 3.65. The summed E-state index contributed by atoms with van der Waals surface area (Å²) >= 11 is 6.04. The summed E-state index contributed by atoms with van der Waals surface area (Å²) in [5.74, 6) is -1.95. The van der Waals surface area contributed by atoms with Crippen LogP contribution in [0.15, 0.2) is 42.5 Å². The molecule has 142 valence electrons. The average molecular weight is 393 g/mol. The number of hydrogen-bond acceptors (Lipinski definition) is 4. The predicted molar refractivity (Wildman–Crippen MR) is 100 cm³/mol. The number of nitrogens with zero attached hydrogens (tertiary/aromatic N) is 1. The van der Waals surface area contributed by atoms with E-state index in [1.165, 1.54) is 55.3 Å². The van der Waals surface area contributed by atoms with Crippen LogP contribution in [-0.4, -0.2) is 31.4 Å². The third-order valence-corrected chi connectivity index (χ3v) is 4.08. The highest BCUT2D eigenvalue weighted by Crippen LogP contribution is 2.24. The second-order valence-corrected chi connectivity index (χ2v) is 6.01. The average Bonchev–Trinajstić information content (AvgIpc) is 2.64. The van der Waals surface area contributed by atoms with Gasteiger partial charge in [0.25, 0.3) is 0 Å². The van der Waals surface area contributed by atoms with Gasteiger partial charge in [0.15, 0.2) is 0 Å². The Morgan fingerprint density at radius 1 is 1.19 bits per heavy atom. The van der Waals surface area contributed by atoms with Gasteiger partial charge < -0.3 is 15.0 Å². The van der Waals surface area contributed by atoms with E-state index in [-0.39, 0.29) is 34.9 Å². The van der Waals surface area contributed by atoms with Crippen molar-refractivity contribution in [3.05, 3.63) is 58.9 Å². The Bertz CT molecular complexity index is 873. The van der Waals surface area contributed by atoms with Crippen molar-refractivity contribution in [1.29, 1.82) is 0 Å². The molecule has 0 aliphatic rings. The molecule has 0 aromatic heterocycles. The number of amides is 2. The molecule has 1 N–H and O–H groups in total. The molecule has 0 saturated heterocycles. The van der Waals surface area contributed by atoms with Crippen molar-refractivity contribution in [3.8, 4) is 0 Å². The molecule has 2 aromatic rings. The van der Waals surface area contributed by atoms with Gasteiger partial charge in [0, 0.05) is 19.9 Å². The van der Waals surface area contributed by atoms with Gasteiger partial charge in [0.1, 0.15) is 5.82 Å². The van der Waals surface area contributed by atoms with Gasteiger partial charge >= 0.3 is 5.97 Å². The van der Waals surface area contributed by atoms with E-state index in [0.29, 0.717) is 0 Å². The zero-order valence-electron chi connectivity index (χ0n) is 14.8. The largest absolute Gasteiger partial charge is 0.465 e. The van der Waals surface area contributed by atoms with Crippen LogP contribution in [0.2, 0.25) is 5.02 Å². The summed E-state index contributed by atoms with van der Waals surface area (Å²) in [7, 11) is 1.24. The summed E-state index contributed by atoms with van der Waals surface area (Å²) in [6, 6.07) is 10.2. The molecule has 2 rings (SSSR count). The summed E-state index contributed by atoms with van der Waals surface area (Å²) in [6.45, 7) is 1.28. The quantitative estimate of drug-likeness (QED) is 0.761. The Kier molecular flexibility index (Phi) is 6.90. The molecule has 0 unspecified atom stereocenters. The van der Waals surface area contributed by atoms with Crippen LogP contribution in [0.1, 0.15) is 23.7 Å². The first-order valence-electron chi connectivity index (χ1n) is 8.04. The van der Waals surface area contributed by atoms with Crippen molar-refractivity contribution in [1.82, 2.24) is 0 Å². The third kappa shape index (κ3) is 5.27. The van der Waals surface area contributed by atoms with Crippen LogP contribution in [0.3, 0.4) is 0 Å². The minimum atomic E-state index is -0.565. The molecule has 0 fully saturated rings. The zero-order chi connectivity index (χ0) is 20.0. The molecule has 0 bridgehead atoms. The molecule has 0 spiro atoms. The Morgan fingerprint density at radius 2 is 1.89 bits per heavy atom. The lowest BCUT2D eigenvalue weighted by atomic mass is 10.2. The first kappa shape index (κ1) is 20.4. The number of esters is 1. The fraction of sp³-hybridized carbons (Fsp3) is 0.211. The van der Waals surface area contributed by atoms with Crippen molar-refractivity contribution >= 4 is 40.8 Å². The van der Waals surface area contributed by atoms with Crippen molar-refractivity contribution < 1.29 is 23.5 Å². The van der Waals surface area contributed by atoms with E-state index in [2.05, 4.69) is 10.1 Å². The maximum atomic E-state index is 13.9. The number of hydrogen-bond donors (Lipinski definition) is 1. The van der Waals surface area contributed by atoms with Crippen LogP contribution in [-0.2, 0) is 14.3 Å². The normalized spacial score (nSPS) is 10.2. The lowest BCUT2D eigenvalue weighted by Crippen LogP contribution is -2.32. The van der Waals surface area contributed by atoms with Gasteiger partial charge in [-0.05, 0) is 30.3 Å². The molecule has 8 heteroatoms. The monoisotopic (exact) mass is 392 g/mol. The van der Waals surface area contributed by atoms with Crippen molar-refractivity contribution in [2.24, 2.45) is 0 Å². The lowest BCUT2D eigenvalue weighted by molar-refractivity contribution is -0.117. The number of nitrogens with one attached hydrogen (secondary N) is 1. The Labute approximate surface area is 160 Å². The van der Waals surface area contributed by atoms with Gasteiger partial charge in [0.2, 0.25) is 11.8 Å². The number of benzene rings is 2. The van der Waals surface area contributed by atoms with Crippen LogP contribution in [0.25, 0.3) is 0 Å². The first-order valence-corrected chi connectivity index (χ1v) is 8.41. The first-order chi connectivity index (χ1) is 12.8. The third-order valence-electron chi connectivity index (χ3n) is 3.75. The standard InChI is InChI=1S/C19H18ClFN2O4/c1-12(24)23(17-6-4-3-5-15(17)21)10-9-18(25)22-16-11-13(19(26)27-2)7-8-14(16)20/h3-8,11H,9-10H2,1-2H3,(H,22,25). The summed E-state index contributed by atoms with van der Waals surface area (Å²) in [4.78, 5) is 36.8. The number of carbonyl (C=O) groups excluding carboxylic acids is 3. The second kappa shape index (κ2) is 9.14. The van der Waals surface area contributed by atoms with Gasteiger partial charge in [-0.3, -0.25) is 9.59 Å². The van der Waals surface area contributed by atoms with Crippen molar-refractivity contribution in [3.63, 3.8) is 0 Å². The lowest BCUT2D eigenvalue weighted by Gasteiger charge is -2.21.